The van der Waals surface area contributed by atoms with Crippen LogP contribution in [0.1, 0.15) is 43.6 Å². The van der Waals surface area contributed by atoms with Crippen molar-refractivity contribution in [2.75, 3.05) is 6.61 Å². The van der Waals surface area contributed by atoms with Crippen molar-refractivity contribution < 1.29 is 14.3 Å². The summed E-state index contributed by atoms with van der Waals surface area (Å²) in [6.07, 6.45) is 1.67. The third-order valence-corrected chi connectivity index (χ3v) is 2.69. The standard InChI is InChI=1S/C17H16O3.2C2H6/c1-3-12-19-15-10-6-14(7-11-15)17(18)20-16-8-4-13(2)5-9-16;2*1-2/h3-11H,1,12H2,2H3;2*1-2H3. The van der Waals surface area contributed by atoms with E-state index >= 15 is 0 Å². The molecule has 0 heterocycles. The van der Waals surface area contributed by atoms with Gasteiger partial charge in [0, 0.05) is 0 Å². The Morgan fingerprint density at radius 3 is 1.92 bits per heavy atom. The highest BCUT2D eigenvalue weighted by Gasteiger charge is 2.08. The largest absolute Gasteiger partial charge is 0.490 e. The summed E-state index contributed by atoms with van der Waals surface area (Å²) in [4.78, 5) is 11.9. The van der Waals surface area contributed by atoms with Gasteiger partial charge in [0.05, 0.1) is 5.56 Å². The molecular formula is C21H28O3. The summed E-state index contributed by atoms with van der Waals surface area (Å²) in [5, 5.41) is 0. The van der Waals surface area contributed by atoms with Gasteiger partial charge in [-0.1, -0.05) is 58.0 Å². The van der Waals surface area contributed by atoms with E-state index in [1.165, 1.54) is 0 Å². The van der Waals surface area contributed by atoms with E-state index in [9.17, 15) is 4.79 Å². The van der Waals surface area contributed by atoms with E-state index in [4.69, 9.17) is 9.47 Å². The zero-order valence-corrected chi connectivity index (χ0v) is 15.3. The van der Waals surface area contributed by atoms with Crippen LogP contribution in [-0.2, 0) is 0 Å². The Hall–Kier alpha value is -2.55. The first-order chi connectivity index (χ1) is 11.7. The molecule has 0 aliphatic carbocycles. The molecule has 0 bridgehead atoms. The first-order valence-corrected chi connectivity index (χ1v) is 8.31. The van der Waals surface area contributed by atoms with Crippen molar-refractivity contribution >= 4 is 5.97 Å². The fourth-order valence-corrected chi connectivity index (χ4v) is 1.61. The number of esters is 1. The van der Waals surface area contributed by atoms with Gasteiger partial charge in [-0.25, -0.2) is 4.79 Å². The SMILES string of the molecule is C=CCOc1ccc(C(=O)Oc2ccc(C)cc2)cc1.CC.CC. The van der Waals surface area contributed by atoms with E-state index < -0.39 is 0 Å². The third-order valence-electron chi connectivity index (χ3n) is 2.69. The van der Waals surface area contributed by atoms with Crippen LogP contribution in [0.25, 0.3) is 0 Å². The predicted molar refractivity (Wildman–Crippen MR) is 101 cm³/mol. The summed E-state index contributed by atoms with van der Waals surface area (Å²) >= 11 is 0. The lowest BCUT2D eigenvalue weighted by Gasteiger charge is -2.06. The van der Waals surface area contributed by atoms with Gasteiger partial charge in [-0.15, -0.1) is 0 Å². The van der Waals surface area contributed by atoms with Crippen LogP contribution < -0.4 is 9.47 Å². The normalized spacial score (nSPS) is 8.71. The minimum atomic E-state index is -0.385. The molecule has 0 aromatic heterocycles. The molecule has 0 spiro atoms. The molecule has 3 nitrogen and oxygen atoms in total. The number of aryl methyl sites for hydroxylation is 1. The summed E-state index contributed by atoms with van der Waals surface area (Å²) in [5.41, 5.74) is 1.60. The quantitative estimate of drug-likeness (QED) is 0.393. The molecule has 0 atom stereocenters. The van der Waals surface area contributed by atoms with Gasteiger partial charge >= 0.3 is 5.97 Å². The molecule has 2 aromatic rings. The van der Waals surface area contributed by atoms with Crippen molar-refractivity contribution in [2.24, 2.45) is 0 Å². The second-order valence-corrected chi connectivity index (χ2v) is 4.33. The van der Waals surface area contributed by atoms with E-state index in [0.29, 0.717) is 23.7 Å². The van der Waals surface area contributed by atoms with E-state index in [0.717, 1.165) is 5.56 Å². The molecule has 2 rings (SSSR count). The van der Waals surface area contributed by atoms with Crippen molar-refractivity contribution in [3.05, 3.63) is 72.3 Å². The molecule has 130 valence electrons. The van der Waals surface area contributed by atoms with Crippen LogP contribution in [0.2, 0.25) is 0 Å². The number of hydrogen-bond acceptors (Lipinski definition) is 3. The van der Waals surface area contributed by atoms with Crippen molar-refractivity contribution in [2.45, 2.75) is 34.6 Å². The van der Waals surface area contributed by atoms with Crippen LogP contribution in [0.4, 0.5) is 0 Å². The smallest absolute Gasteiger partial charge is 0.343 e. The molecule has 0 N–H and O–H groups in total. The Bertz CT molecular complexity index is 583. The topological polar surface area (TPSA) is 35.5 Å². The number of rotatable bonds is 5. The molecule has 0 saturated carbocycles. The highest BCUT2D eigenvalue weighted by molar-refractivity contribution is 5.91. The first kappa shape index (κ1) is 21.4. The second-order valence-electron chi connectivity index (χ2n) is 4.33. The number of benzene rings is 2. The minimum absolute atomic E-state index is 0.385. The van der Waals surface area contributed by atoms with E-state index in [2.05, 4.69) is 6.58 Å². The van der Waals surface area contributed by atoms with Crippen molar-refractivity contribution in [3.63, 3.8) is 0 Å². The van der Waals surface area contributed by atoms with Crippen molar-refractivity contribution in [1.82, 2.24) is 0 Å². The monoisotopic (exact) mass is 328 g/mol. The van der Waals surface area contributed by atoms with Crippen LogP contribution in [0, 0.1) is 6.92 Å². The Kier molecular flexibility index (Phi) is 11.6. The molecule has 24 heavy (non-hydrogen) atoms. The molecule has 3 heteroatoms. The van der Waals surface area contributed by atoms with E-state index in [1.807, 2.05) is 46.8 Å². The zero-order valence-electron chi connectivity index (χ0n) is 15.3. The summed E-state index contributed by atoms with van der Waals surface area (Å²) in [7, 11) is 0. The van der Waals surface area contributed by atoms with E-state index in [-0.39, 0.29) is 5.97 Å². The molecule has 0 radical (unpaired) electrons. The Balaban J connectivity index is 0.00000123. The van der Waals surface area contributed by atoms with Crippen LogP contribution >= 0.6 is 0 Å². The first-order valence-electron chi connectivity index (χ1n) is 8.31. The average molecular weight is 328 g/mol. The zero-order chi connectivity index (χ0) is 18.4. The van der Waals surface area contributed by atoms with Gasteiger partial charge in [-0.05, 0) is 43.3 Å². The molecule has 0 saturated heterocycles. The van der Waals surface area contributed by atoms with E-state index in [1.54, 1.807) is 42.5 Å². The molecular weight excluding hydrogens is 300 g/mol. The van der Waals surface area contributed by atoms with Gasteiger partial charge in [-0.2, -0.15) is 0 Å². The number of carbonyl (C=O) groups excluding carboxylic acids is 1. The summed E-state index contributed by atoms with van der Waals surface area (Å²) < 4.78 is 10.6. The van der Waals surface area contributed by atoms with Gasteiger partial charge in [0.15, 0.2) is 0 Å². The lowest BCUT2D eigenvalue weighted by molar-refractivity contribution is 0.0734. The molecule has 0 fully saturated rings. The Labute approximate surface area is 145 Å². The summed E-state index contributed by atoms with van der Waals surface area (Å²) in [6, 6.07) is 14.2. The molecule has 0 aliphatic heterocycles. The predicted octanol–water partition coefficient (Wildman–Crippen LogP) is 5.83. The maximum absolute atomic E-state index is 11.9. The second kappa shape index (κ2) is 12.9. The average Bonchev–Trinajstić information content (AvgIpc) is 2.65. The fraction of sp³-hybridized carbons (Fsp3) is 0.286. The van der Waals surface area contributed by atoms with Crippen LogP contribution in [0.15, 0.2) is 61.2 Å². The Morgan fingerprint density at radius 1 is 0.917 bits per heavy atom. The van der Waals surface area contributed by atoms with Crippen molar-refractivity contribution in [1.29, 1.82) is 0 Å². The maximum Gasteiger partial charge on any atom is 0.343 e. The Morgan fingerprint density at radius 2 is 1.42 bits per heavy atom. The number of carbonyl (C=O) groups is 1. The van der Waals surface area contributed by atoms with Gasteiger partial charge in [-0.3, -0.25) is 0 Å². The minimum Gasteiger partial charge on any atom is -0.490 e. The number of hydrogen-bond donors (Lipinski definition) is 0. The van der Waals surface area contributed by atoms with Crippen LogP contribution in [0.5, 0.6) is 11.5 Å². The van der Waals surface area contributed by atoms with Crippen LogP contribution in [-0.4, -0.2) is 12.6 Å². The lowest BCUT2D eigenvalue weighted by atomic mass is 10.2. The van der Waals surface area contributed by atoms with Gasteiger partial charge in [0.25, 0.3) is 0 Å². The summed E-state index contributed by atoms with van der Waals surface area (Å²) in [5.74, 6) is 0.841. The molecule has 0 aliphatic rings. The van der Waals surface area contributed by atoms with Gasteiger partial charge < -0.3 is 9.47 Å². The van der Waals surface area contributed by atoms with Crippen molar-refractivity contribution in [3.8, 4) is 11.5 Å². The highest BCUT2D eigenvalue weighted by atomic mass is 16.5. The van der Waals surface area contributed by atoms with Gasteiger partial charge in [0.2, 0.25) is 0 Å². The molecule has 0 amide bonds. The third kappa shape index (κ3) is 7.63. The van der Waals surface area contributed by atoms with Gasteiger partial charge in [0.1, 0.15) is 18.1 Å². The maximum atomic E-state index is 11.9. The molecule has 2 aromatic carbocycles. The lowest BCUT2D eigenvalue weighted by Crippen LogP contribution is -2.08. The fourth-order valence-electron chi connectivity index (χ4n) is 1.61. The molecule has 0 unspecified atom stereocenters. The van der Waals surface area contributed by atoms with Crippen LogP contribution in [0.3, 0.4) is 0 Å². The summed E-state index contributed by atoms with van der Waals surface area (Å²) in [6.45, 7) is 14.0. The highest BCUT2D eigenvalue weighted by Crippen LogP contribution is 2.16. The number of ether oxygens (including phenoxy) is 2.